The molecule has 96 valence electrons. The van der Waals surface area contributed by atoms with Crippen molar-refractivity contribution in [2.45, 2.75) is 24.4 Å². The largest absolute Gasteiger partial charge is 0.353 e. The number of fused-ring (bicyclic) bond motifs is 2. The molecule has 1 unspecified atom stereocenters. The number of carbonyl (C=O) groups is 1. The highest BCUT2D eigenvalue weighted by Gasteiger charge is 2.48. The minimum atomic E-state index is 0.0700. The van der Waals surface area contributed by atoms with Crippen LogP contribution in [0.1, 0.15) is 12.8 Å². The number of piperazine rings is 2. The van der Waals surface area contributed by atoms with Gasteiger partial charge in [-0.25, -0.2) is 0 Å². The van der Waals surface area contributed by atoms with E-state index in [0.29, 0.717) is 0 Å². The van der Waals surface area contributed by atoms with Gasteiger partial charge in [0.25, 0.3) is 0 Å². The number of hydrogen-bond acceptors (Lipinski definition) is 4. The van der Waals surface area contributed by atoms with Crippen LogP contribution in [0.5, 0.6) is 0 Å². The van der Waals surface area contributed by atoms with Crippen LogP contribution in [0.4, 0.5) is 0 Å². The molecule has 3 aliphatic heterocycles. The predicted molar refractivity (Wildman–Crippen MR) is 65.8 cm³/mol. The average Bonchev–Trinajstić information content (AvgIpc) is 2.36. The first-order chi connectivity index (χ1) is 8.21. The van der Waals surface area contributed by atoms with Gasteiger partial charge in [-0.05, 0) is 33.0 Å². The lowest BCUT2D eigenvalue weighted by Gasteiger charge is -2.55. The van der Waals surface area contributed by atoms with E-state index in [4.69, 9.17) is 0 Å². The standard InChI is InChI=1S/C12H22N4O/c1-15-6-7-16-10(8-15)11(17)14-9-12(16)2-4-13-5-3-12/h10,13H,2-9H2,1H3,(H,14,17). The van der Waals surface area contributed by atoms with Crippen molar-refractivity contribution in [2.75, 3.05) is 46.3 Å². The summed E-state index contributed by atoms with van der Waals surface area (Å²) in [4.78, 5) is 16.8. The number of piperidine rings is 1. The Labute approximate surface area is 103 Å². The second-order valence-corrected chi connectivity index (χ2v) is 5.66. The van der Waals surface area contributed by atoms with Crippen molar-refractivity contribution in [3.8, 4) is 0 Å². The zero-order valence-corrected chi connectivity index (χ0v) is 10.5. The predicted octanol–water partition coefficient (Wildman–Crippen LogP) is -1.15. The number of amides is 1. The first-order valence-electron chi connectivity index (χ1n) is 6.65. The monoisotopic (exact) mass is 238 g/mol. The van der Waals surface area contributed by atoms with Gasteiger partial charge in [0.05, 0.1) is 0 Å². The molecule has 3 fully saturated rings. The van der Waals surface area contributed by atoms with Crippen molar-refractivity contribution in [2.24, 2.45) is 0 Å². The third-order valence-corrected chi connectivity index (χ3v) is 4.62. The maximum Gasteiger partial charge on any atom is 0.238 e. The van der Waals surface area contributed by atoms with E-state index in [1.165, 1.54) is 0 Å². The van der Waals surface area contributed by atoms with Crippen LogP contribution in [-0.2, 0) is 4.79 Å². The van der Waals surface area contributed by atoms with Gasteiger partial charge in [0.1, 0.15) is 6.04 Å². The lowest BCUT2D eigenvalue weighted by Crippen LogP contribution is -2.74. The number of nitrogens with one attached hydrogen (secondary N) is 2. The lowest BCUT2D eigenvalue weighted by atomic mass is 9.82. The number of likely N-dealkylation sites (N-methyl/N-ethyl adjacent to an activating group) is 1. The van der Waals surface area contributed by atoms with Crippen LogP contribution in [0, 0.1) is 0 Å². The maximum atomic E-state index is 12.0. The van der Waals surface area contributed by atoms with E-state index < -0.39 is 0 Å². The summed E-state index contributed by atoms with van der Waals surface area (Å²) < 4.78 is 0. The van der Waals surface area contributed by atoms with Gasteiger partial charge in [0.15, 0.2) is 0 Å². The Hall–Kier alpha value is -0.650. The second-order valence-electron chi connectivity index (χ2n) is 5.66. The van der Waals surface area contributed by atoms with Crippen LogP contribution in [0.3, 0.4) is 0 Å². The summed E-state index contributed by atoms with van der Waals surface area (Å²) in [6.45, 7) is 5.99. The van der Waals surface area contributed by atoms with E-state index in [-0.39, 0.29) is 17.5 Å². The van der Waals surface area contributed by atoms with Gasteiger partial charge in [-0.15, -0.1) is 0 Å². The Morgan fingerprint density at radius 2 is 2.06 bits per heavy atom. The molecule has 0 bridgehead atoms. The second kappa shape index (κ2) is 4.23. The molecule has 5 heteroatoms. The van der Waals surface area contributed by atoms with Crippen LogP contribution in [0.2, 0.25) is 0 Å². The number of hydrogen-bond donors (Lipinski definition) is 2. The van der Waals surface area contributed by atoms with Gasteiger partial charge in [-0.3, -0.25) is 9.69 Å². The summed E-state index contributed by atoms with van der Waals surface area (Å²) in [5.41, 5.74) is 0.227. The van der Waals surface area contributed by atoms with E-state index in [9.17, 15) is 4.79 Å². The molecule has 17 heavy (non-hydrogen) atoms. The minimum Gasteiger partial charge on any atom is -0.353 e. The number of nitrogens with zero attached hydrogens (tertiary/aromatic N) is 2. The van der Waals surface area contributed by atoms with E-state index in [0.717, 1.165) is 52.1 Å². The van der Waals surface area contributed by atoms with E-state index in [2.05, 4.69) is 27.5 Å². The molecule has 0 saturated carbocycles. The summed E-state index contributed by atoms with van der Waals surface area (Å²) in [7, 11) is 2.11. The molecule has 0 aromatic carbocycles. The third kappa shape index (κ3) is 1.86. The van der Waals surface area contributed by atoms with Gasteiger partial charge in [0, 0.05) is 31.7 Å². The normalized spacial score (nSPS) is 34.4. The maximum absolute atomic E-state index is 12.0. The molecule has 0 aliphatic carbocycles. The van der Waals surface area contributed by atoms with Gasteiger partial charge >= 0.3 is 0 Å². The Morgan fingerprint density at radius 1 is 1.29 bits per heavy atom. The lowest BCUT2D eigenvalue weighted by molar-refractivity contribution is -0.141. The van der Waals surface area contributed by atoms with Crippen molar-refractivity contribution in [1.82, 2.24) is 20.4 Å². The van der Waals surface area contributed by atoms with Crippen molar-refractivity contribution in [3.63, 3.8) is 0 Å². The van der Waals surface area contributed by atoms with Crippen molar-refractivity contribution < 1.29 is 4.79 Å². The van der Waals surface area contributed by atoms with Gasteiger partial charge < -0.3 is 15.5 Å². The smallest absolute Gasteiger partial charge is 0.238 e. The molecule has 3 heterocycles. The highest BCUT2D eigenvalue weighted by atomic mass is 16.2. The van der Waals surface area contributed by atoms with Crippen LogP contribution in [0.25, 0.3) is 0 Å². The molecule has 1 amide bonds. The molecule has 2 N–H and O–H groups in total. The van der Waals surface area contributed by atoms with E-state index in [1.54, 1.807) is 0 Å². The Balaban J connectivity index is 1.84. The summed E-state index contributed by atoms with van der Waals surface area (Å²) in [5, 5.41) is 6.55. The number of rotatable bonds is 0. The summed E-state index contributed by atoms with van der Waals surface area (Å²) in [6.07, 6.45) is 2.32. The fraction of sp³-hybridized carbons (Fsp3) is 0.917. The average molecular weight is 238 g/mol. The Bertz CT molecular complexity index is 314. The summed E-state index contributed by atoms with van der Waals surface area (Å²) >= 11 is 0. The first-order valence-corrected chi connectivity index (χ1v) is 6.65. The highest BCUT2D eigenvalue weighted by molar-refractivity contribution is 5.83. The van der Waals surface area contributed by atoms with Crippen LogP contribution >= 0.6 is 0 Å². The van der Waals surface area contributed by atoms with Crippen LogP contribution in [-0.4, -0.2) is 73.6 Å². The van der Waals surface area contributed by atoms with E-state index >= 15 is 0 Å². The first kappa shape index (κ1) is 11.4. The van der Waals surface area contributed by atoms with Gasteiger partial charge in [-0.2, -0.15) is 0 Å². The van der Waals surface area contributed by atoms with E-state index in [1.807, 2.05) is 0 Å². The summed E-state index contributed by atoms with van der Waals surface area (Å²) in [5.74, 6) is 0.223. The Morgan fingerprint density at radius 3 is 2.82 bits per heavy atom. The Kier molecular flexibility index (Phi) is 2.84. The molecule has 0 aromatic rings. The third-order valence-electron chi connectivity index (χ3n) is 4.62. The van der Waals surface area contributed by atoms with Crippen molar-refractivity contribution in [1.29, 1.82) is 0 Å². The molecule has 3 rings (SSSR count). The SMILES string of the molecule is CN1CCN2C(C1)C(=O)NCC21CCNCC1. The van der Waals surface area contributed by atoms with Crippen LogP contribution in [0.15, 0.2) is 0 Å². The molecular formula is C12H22N4O. The fourth-order valence-electron chi connectivity index (χ4n) is 3.54. The number of carbonyl (C=O) groups excluding carboxylic acids is 1. The molecule has 0 radical (unpaired) electrons. The quantitative estimate of drug-likeness (QED) is 0.560. The molecule has 1 atom stereocenters. The molecule has 3 saturated heterocycles. The van der Waals surface area contributed by atoms with Gasteiger partial charge in [0.2, 0.25) is 5.91 Å². The molecule has 0 aromatic heterocycles. The molecular weight excluding hydrogens is 216 g/mol. The zero-order chi connectivity index (χ0) is 11.9. The van der Waals surface area contributed by atoms with Crippen LogP contribution < -0.4 is 10.6 Å². The summed E-state index contributed by atoms with van der Waals surface area (Å²) in [6, 6.07) is 0.0700. The topological polar surface area (TPSA) is 47.6 Å². The van der Waals surface area contributed by atoms with Crippen molar-refractivity contribution >= 4 is 5.91 Å². The molecule has 1 spiro atoms. The highest BCUT2D eigenvalue weighted by Crippen LogP contribution is 2.32. The molecule has 5 nitrogen and oxygen atoms in total. The van der Waals surface area contributed by atoms with Gasteiger partial charge in [-0.1, -0.05) is 0 Å². The minimum absolute atomic E-state index is 0.0700. The van der Waals surface area contributed by atoms with Crippen molar-refractivity contribution in [3.05, 3.63) is 0 Å². The fourth-order valence-corrected chi connectivity index (χ4v) is 3.54. The zero-order valence-electron chi connectivity index (χ0n) is 10.5. The molecule has 3 aliphatic rings.